The minimum atomic E-state index is -0.197. The van der Waals surface area contributed by atoms with Crippen LogP contribution in [0.5, 0.6) is 0 Å². The van der Waals surface area contributed by atoms with Gasteiger partial charge in [0.25, 0.3) is 0 Å². The monoisotopic (exact) mass is 489 g/mol. The summed E-state index contributed by atoms with van der Waals surface area (Å²) < 4.78 is 4.20. The molecule has 9 heteroatoms. The van der Waals surface area contributed by atoms with Gasteiger partial charge in [0.05, 0.1) is 18.6 Å². The Kier molecular flexibility index (Phi) is 6.86. The summed E-state index contributed by atoms with van der Waals surface area (Å²) in [6.07, 6.45) is 11.5. The molecule has 192 valence electrons. The SMILES string of the molecule is Cn1ccnc1CN1CCCC(c2nnnn2Cc2ccccc2)(N2CCCN(C3CCC3)CC2)C1. The van der Waals surface area contributed by atoms with Crippen molar-refractivity contribution in [2.75, 3.05) is 39.3 Å². The minimum Gasteiger partial charge on any atom is -0.337 e. The van der Waals surface area contributed by atoms with Crippen molar-refractivity contribution >= 4 is 0 Å². The number of nitrogens with zero attached hydrogens (tertiary/aromatic N) is 9. The molecule has 2 aliphatic heterocycles. The highest BCUT2D eigenvalue weighted by Gasteiger charge is 2.47. The van der Waals surface area contributed by atoms with E-state index < -0.39 is 0 Å². The lowest BCUT2D eigenvalue weighted by molar-refractivity contribution is -0.00556. The standard InChI is InChI=1S/C27H39N9/c1-32-17-13-28-25(32)21-33-14-6-12-27(22-33,35-16-7-15-34(18-19-35)24-10-5-11-24)26-29-30-31-36(26)20-23-8-3-2-4-9-23/h2-4,8-9,13,17,24H,5-7,10-12,14-16,18-22H2,1H3. The third-order valence-electron chi connectivity index (χ3n) is 8.69. The van der Waals surface area contributed by atoms with E-state index in [9.17, 15) is 0 Å². The molecule has 2 aromatic heterocycles. The van der Waals surface area contributed by atoms with Gasteiger partial charge in [-0.1, -0.05) is 36.8 Å². The van der Waals surface area contributed by atoms with Crippen LogP contribution in [0.2, 0.25) is 0 Å². The van der Waals surface area contributed by atoms with Crippen molar-refractivity contribution in [1.82, 2.24) is 44.5 Å². The van der Waals surface area contributed by atoms with Crippen molar-refractivity contribution in [3.8, 4) is 0 Å². The van der Waals surface area contributed by atoms with Crippen LogP contribution < -0.4 is 0 Å². The quantitative estimate of drug-likeness (QED) is 0.505. The summed E-state index contributed by atoms with van der Waals surface area (Å²) >= 11 is 0. The molecule has 1 atom stereocenters. The molecule has 3 aromatic rings. The molecule has 1 aromatic carbocycles. The van der Waals surface area contributed by atoms with Crippen molar-refractivity contribution in [3.63, 3.8) is 0 Å². The molecule has 0 radical (unpaired) electrons. The minimum absolute atomic E-state index is 0.197. The molecule has 2 saturated heterocycles. The Morgan fingerprint density at radius 1 is 0.944 bits per heavy atom. The molecule has 0 N–H and O–H groups in total. The number of hydrogen-bond acceptors (Lipinski definition) is 7. The first-order valence-corrected chi connectivity index (χ1v) is 13.7. The highest BCUT2D eigenvalue weighted by molar-refractivity contribution is 5.17. The second-order valence-corrected chi connectivity index (χ2v) is 10.9. The summed E-state index contributed by atoms with van der Waals surface area (Å²) in [6, 6.07) is 11.4. The molecule has 3 aliphatic rings. The largest absolute Gasteiger partial charge is 0.337 e. The lowest BCUT2D eigenvalue weighted by Gasteiger charge is -2.48. The molecule has 1 aliphatic carbocycles. The number of aryl methyl sites for hydroxylation is 1. The first-order chi connectivity index (χ1) is 17.7. The van der Waals surface area contributed by atoms with E-state index in [1.165, 1.54) is 37.8 Å². The van der Waals surface area contributed by atoms with Gasteiger partial charge in [0.15, 0.2) is 5.82 Å². The molecule has 4 heterocycles. The van der Waals surface area contributed by atoms with Crippen LogP contribution in [0.15, 0.2) is 42.7 Å². The maximum atomic E-state index is 4.74. The number of rotatable bonds is 7. The van der Waals surface area contributed by atoms with E-state index in [4.69, 9.17) is 5.10 Å². The Labute approximate surface area is 214 Å². The van der Waals surface area contributed by atoms with Crippen LogP contribution >= 0.6 is 0 Å². The molecular weight excluding hydrogens is 450 g/mol. The van der Waals surface area contributed by atoms with Gasteiger partial charge in [-0.2, -0.15) is 0 Å². The van der Waals surface area contributed by atoms with Crippen LogP contribution in [0.25, 0.3) is 0 Å². The van der Waals surface area contributed by atoms with E-state index in [-0.39, 0.29) is 5.54 Å². The van der Waals surface area contributed by atoms with E-state index in [1.54, 1.807) is 0 Å². The van der Waals surface area contributed by atoms with Gasteiger partial charge in [0, 0.05) is 51.7 Å². The third kappa shape index (κ3) is 4.71. The Balaban J connectivity index is 1.31. The molecule has 6 rings (SSSR count). The first kappa shape index (κ1) is 23.8. The summed E-state index contributed by atoms with van der Waals surface area (Å²) in [5, 5.41) is 13.5. The van der Waals surface area contributed by atoms with E-state index in [1.807, 2.05) is 12.4 Å². The molecule has 1 unspecified atom stereocenters. The van der Waals surface area contributed by atoms with Gasteiger partial charge in [-0.05, 0) is 61.2 Å². The second-order valence-electron chi connectivity index (χ2n) is 10.9. The smallest absolute Gasteiger partial charge is 0.173 e. The van der Waals surface area contributed by atoms with Gasteiger partial charge in [0.1, 0.15) is 5.82 Å². The van der Waals surface area contributed by atoms with Gasteiger partial charge < -0.3 is 4.57 Å². The molecule has 0 spiro atoms. The van der Waals surface area contributed by atoms with Crippen molar-refractivity contribution in [2.45, 2.75) is 63.2 Å². The fourth-order valence-electron chi connectivity index (χ4n) is 6.47. The molecule has 1 saturated carbocycles. The number of tetrazole rings is 1. The summed E-state index contributed by atoms with van der Waals surface area (Å²) in [7, 11) is 2.09. The summed E-state index contributed by atoms with van der Waals surface area (Å²) in [5.74, 6) is 2.13. The fraction of sp³-hybridized carbons (Fsp3) is 0.630. The molecule has 0 amide bonds. The maximum Gasteiger partial charge on any atom is 0.173 e. The molecule has 0 bridgehead atoms. The fourth-order valence-corrected chi connectivity index (χ4v) is 6.47. The van der Waals surface area contributed by atoms with E-state index in [2.05, 4.69) is 76.7 Å². The molecule has 9 nitrogen and oxygen atoms in total. The number of piperidine rings is 1. The van der Waals surface area contributed by atoms with Gasteiger partial charge in [0.2, 0.25) is 0 Å². The van der Waals surface area contributed by atoms with E-state index in [0.29, 0.717) is 6.54 Å². The molecular formula is C27H39N9. The molecule has 36 heavy (non-hydrogen) atoms. The van der Waals surface area contributed by atoms with E-state index in [0.717, 1.165) is 69.8 Å². The van der Waals surface area contributed by atoms with Gasteiger partial charge in [-0.25, -0.2) is 9.67 Å². The van der Waals surface area contributed by atoms with Crippen LogP contribution in [-0.2, 0) is 25.7 Å². The van der Waals surface area contributed by atoms with Crippen LogP contribution in [0.3, 0.4) is 0 Å². The van der Waals surface area contributed by atoms with Gasteiger partial charge in [-0.15, -0.1) is 5.10 Å². The second kappa shape index (κ2) is 10.4. The van der Waals surface area contributed by atoms with Crippen molar-refractivity contribution in [3.05, 3.63) is 59.9 Å². The number of aromatic nitrogens is 6. The Morgan fingerprint density at radius 2 is 1.83 bits per heavy atom. The normalized spacial score (nSPS) is 25.0. The zero-order valence-corrected chi connectivity index (χ0v) is 21.5. The Hall–Kier alpha value is -2.62. The predicted molar refractivity (Wildman–Crippen MR) is 138 cm³/mol. The maximum absolute atomic E-state index is 4.74. The average Bonchev–Trinajstić information content (AvgIpc) is 3.41. The molecule has 3 fully saturated rings. The third-order valence-corrected chi connectivity index (χ3v) is 8.69. The van der Waals surface area contributed by atoms with Crippen molar-refractivity contribution in [2.24, 2.45) is 7.05 Å². The zero-order chi connectivity index (χ0) is 24.4. The highest BCUT2D eigenvalue weighted by atomic mass is 15.6. The van der Waals surface area contributed by atoms with Crippen LogP contribution in [0.4, 0.5) is 0 Å². The average molecular weight is 490 g/mol. The zero-order valence-electron chi connectivity index (χ0n) is 21.5. The highest BCUT2D eigenvalue weighted by Crippen LogP contribution is 2.38. The lowest BCUT2D eigenvalue weighted by Crippen LogP contribution is -2.58. The van der Waals surface area contributed by atoms with Crippen molar-refractivity contribution < 1.29 is 0 Å². The van der Waals surface area contributed by atoms with Crippen LogP contribution in [0, 0.1) is 0 Å². The van der Waals surface area contributed by atoms with E-state index >= 15 is 0 Å². The predicted octanol–water partition coefficient (Wildman–Crippen LogP) is 2.51. The lowest BCUT2D eigenvalue weighted by atomic mass is 9.85. The Bertz CT molecular complexity index is 1120. The number of imidazole rings is 1. The summed E-state index contributed by atoms with van der Waals surface area (Å²) in [5.41, 5.74) is 1.03. The Morgan fingerprint density at radius 3 is 2.61 bits per heavy atom. The summed E-state index contributed by atoms with van der Waals surface area (Å²) in [6.45, 7) is 8.09. The van der Waals surface area contributed by atoms with Gasteiger partial charge >= 0.3 is 0 Å². The van der Waals surface area contributed by atoms with Crippen molar-refractivity contribution in [1.29, 1.82) is 0 Å². The first-order valence-electron chi connectivity index (χ1n) is 13.7. The summed E-state index contributed by atoms with van der Waals surface area (Å²) in [4.78, 5) is 12.7. The number of hydrogen-bond donors (Lipinski definition) is 0. The number of likely N-dealkylation sites (tertiary alicyclic amines) is 1. The van der Waals surface area contributed by atoms with Crippen LogP contribution in [0.1, 0.15) is 55.7 Å². The topological polar surface area (TPSA) is 71.1 Å². The number of benzene rings is 1. The van der Waals surface area contributed by atoms with Crippen LogP contribution in [-0.4, -0.2) is 89.8 Å². The van der Waals surface area contributed by atoms with Gasteiger partial charge in [-0.3, -0.25) is 14.7 Å².